The molecule has 114 valence electrons. The topological polar surface area (TPSA) is 29.4 Å². The molecule has 2 heteroatoms. The van der Waals surface area contributed by atoms with E-state index < -0.39 is 0 Å². The molecule has 21 heavy (non-hydrogen) atoms. The Balaban J connectivity index is 1.98. The number of carbonyl (C=O) groups is 1. The Morgan fingerprint density at radius 3 is 2.76 bits per heavy atom. The number of carbonyl (C=O) groups excluding carboxylic acids is 1. The summed E-state index contributed by atoms with van der Waals surface area (Å²) in [5.41, 5.74) is 2.24. The smallest absolute Gasteiger partial charge is 0.137 e. The lowest BCUT2D eigenvalue weighted by atomic mass is 9.96. The summed E-state index contributed by atoms with van der Waals surface area (Å²) < 4.78 is 0. The Morgan fingerprint density at radius 1 is 1.24 bits per heavy atom. The molecule has 1 saturated carbocycles. The van der Waals surface area contributed by atoms with Crippen molar-refractivity contribution < 1.29 is 4.79 Å². The highest BCUT2D eigenvalue weighted by Crippen LogP contribution is 2.20. The average Bonchev–Trinajstić information content (AvgIpc) is 2.53. The second-order valence-electron chi connectivity index (χ2n) is 6.09. The van der Waals surface area contributed by atoms with Crippen molar-refractivity contribution >= 4 is 12.0 Å². The van der Waals surface area contributed by atoms with E-state index in [0.717, 1.165) is 24.0 Å². The quantitative estimate of drug-likeness (QED) is 0.665. The second-order valence-corrected chi connectivity index (χ2v) is 6.09. The molecule has 0 amide bonds. The van der Waals surface area contributed by atoms with Crippen LogP contribution in [0.2, 0.25) is 0 Å². The molecule has 1 aromatic rings. The van der Waals surface area contributed by atoms with Crippen LogP contribution in [0, 0.1) is 0 Å². The van der Waals surface area contributed by atoms with E-state index >= 15 is 0 Å². The highest BCUT2D eigenvalue weighted by molar-refractivity contribution is 5.87. The van der Waals surface area contributed by atoms with Crippen LogP contribution in [0.4, 0.5) is 0 Å². The van der Waals surface area contributed by atoms with Gasteiger partial charge in [0.1, 0.15) is 5.78 Å². The van der Waals surface area contributed by atoms with Crippen molar-refractivity contribution in [1.82, 2.24) is 0 Å². The fourth-order valence-electron chi connectivity index (χ4n) is 2.91. The van der Waals surface area contributed by atoms with Gasteiger partial charge in [-0.2, -0.15) is 0 Å². The molecule has 0 radical (unpaired) electrons. The molecule has 0 heterocycles. The van der Waals surface area contributed by atoms with Crippen LogP contribution in [0.15, 0.2) is 29.3 Å². The van der Waals surface area contributed by atoms with Gasteiger partial charge in [0, 0.05) is 25.1 Å². The van der Waals surface area contributed by atoms with Crippen molar-refractivity contribution in [3.63, 3.8) is 0 Å². The maximum atomic E-state index is 12.0. The van der Waals surface area contributed by atoms with Crippen LogP contribution < -0.4 is 0 Å². The van der Waals surface area contributed by atoms with Crippen molar-refractivity contribution in [2.24, 2.45) is 4.99 Å². The zero-order valence-electron chi connectivity index (χ0n) is 13.2. The molecule has 1 aromatic carbocycles. The van der Waals surface area contributed by atoms with E-state index in [1.54, 1.807) is 0 Å². The van der Waals surface area contributed by atoms with Gasteiger partial charge in [0.25, 0.3) is 0 Å². The van der Waals surface area contributed by atoms with Crippen molar-refractivity contribution in [2.75, 3.05) is 0 Å². The van der Waals surface area contributed by atoms with Crippen LogP contribution in [0.3, 0.4) is 0 Å². The minimum atomic E-state index is 0.343. The number of rotatable bonds is 7. The second kappa shape index (κ2) is 8.76. The van der Waals surface area contributed by atoms with E-state index in [0.29, 0.717) is 24.7 Å². The molecule has 0 aromatic heterocycles. The fraction of sp³-hybridized carbons (Fsp3) is 0.579. The number of benzene rings is 1. The summed E-state index contributed by atoms with van der Waals surface area (Å²) in [4.78, 5) is 16.7. The largest absolute Gasteiger partial charge is 0.299 e. The molecular formula is C19H27NO. The molecule has 0 unspecified atom stereocenters. The van der Waals surface area contributed by atoms with Gasteiger partial charge in [0.2, 0.25) is 0 Å². The lowest BCUT2D eigenvalue weighted by Gasteiger charge is -2.17. The van der Waals surface area contributed by atoms with Gasteiger partial charge in [-0.3, -0.25) is 9.79 Å². The number of ketones is 1. The van der Waals surface area contributed by atoms with E-state index in [-0.39, 0.29) is 0 Å². The van der Waals surface area contributed by atoms with Crippen LogP contribution in [-0.4, -0.2) is 18.0 Å². The minimum absolute atomic E-state index is 0.343. The number of aliphatic imine (C=N–C) groups is 1. The first kappa shape index (κ1) is 15.9. The molecule has 0 saturated heterocycles. The van der Waals surface area contributed by atoms with Gasteiger partial charge in [-0.1, -0.05) is 56.9 Å². The summed E-state index contributed by atoms with van der Waals surface area (Å²) in [5.74, 6) is 0.343. The zero-order chi connectivity index (χ0) is 14.9. The molecule has 0 N–H and O–H groups in total. The molecule has 1 aliphatic rings. The predicted molar refractivity (Wildman–Crippen MR) is 89.1 cm³/mol. The summed E-state index contributed by atoms with van der Waals surface area (Å²) in [6, 6.07) is 8.67. The van der Waals surface area contributed by atoms with Crippen molar-refractivity contribution in [3.05, 3.63) is 35.4 Å². The number of Topliss-reactive ketones (excluding diaryl/α,β-unsaturated/α-hetero) is 1. The Labute approximate surface area is 128 Å². The van der Waals surface area contributed by atoms with Crippen molar-refractivity contribution in [1.29, 1.82) is 0 Å². The number of hydrogen-bond donors (Lipinski definition) is 0. The molecular weight excluding hydrogens is 258 g/mol. The first-order chi connectivity index (χ1) is 10.3. The fourth-order valence-corrected chi connectivity index (χ4v) is 2.91. The molecule has 0 spiro atoms. The maximum Gasteiger partial charge on any atom is 0.137 e. The highest BCUT2D eigenvalue weighted by Gasteiger charge is 2.11. The summed E-state index contributed by atoms with van der Waals surface area (Å²) >= 11 is 0. The molecule has 0 bridgehead atoms. The van der Waals surface area contributed by atoms with Crippen LogP contribution >= 0.6 is 0 Å². The van der Waals surface area contributed by atoms with Gasteiger partial charge in [-0.05, 0) is 30.4 Å². The average molecular weight is 285 g/mol. The molecule has 2 nitrogen and oxygen atoms in total. The first-order valence-electron chi connectivity index (χ1n) is 8.42. The monoisotopic (exact) mass is 285 g/mol. The standard InChI is InChI=1S/C19H27NO/c1-2-3-13-19(21)14-16-9-7-8-10-17(16)15-20-18-11-5-4-6-12-18/h7-10,15,18H,2-6,11-14H2,1H3. The Kier molecular flexibility index (Phi) is 6.65. The zero-order valence-corrected chi connectivity index (χ0v) is 13.2. The van der Waals surface area contributed by atoms with Gasteiger partial charge >= 0.3 is 0 Å². The third kappa shape index (κ3) is 5.45. The minimum Gasteiger partial charge on any atom is -0.299 e. The normalized spacial score (nSPS) is 16.4. The van der Waals surface area contributed by atoms with Gasteiger partial charge in [-0.25, -0.2) is 0 Å². The van der Waals surface area contributed by atoms with E-state index in [9.17, 15) is 4.79 Å². The Hall–Kier alpha value is -1.44. The lowest BCUT2D eigenvalue weighted by Crippen LogP contribution is -2.10. The first-order valence-corrected chi connectivity index (χ1v) is 8.42. The van der Waals surface area contributed by atoms with Crippen molar-refractivity contribution in [3.8, 4) is 0 Å². The summed E-state index contributed by atoms with van der Waals surface area (Å²) in [6.07, 6.45) is 11.7. The molecule has 0 atom stereocenters. The van der Waals surface area contributed by atoms with Crippen LogP contribution in [-0.2, 0) is 11.2 Å². The summed E-state index contributed by atoms with van der Waals surface area (Å²) in [5, 5.41) is 0. The summed E-state index contributed by atoms with van der Waals surface area (Å²) in [6.45, 7) is 2.12. The maximum absolute atomic E-state index is 12.0. The molecule has 1 aliphatic carbocycles. The third-order valence-electron chi connectivity index (χ3n) is 4.25. The number of unbranched alkanes of at least 4 members (excludes halogenated alkanes) is 1. The van der Waals surface area contributed by atoms with Gasteiger partial charge in [0.15, 0.2) is 0 Å². The molecule has 2 rings (SSSR count). The van der Waals surface area contributed by atoms with E-state index in [2.05, 4.69) is 19.1 Å². The predicted octanol–water partition coefficient (Wildman–Crippen LogP) is 4.74. The van der Waals surface area contributed by atoms with Gasteiger partial charge < -0.3 is 0 Å². The van der Waals surface area contributed by atoms with E-state index in [4.69, 9.17) is 4.99 Å². The third-order valence-corrected chi connectivity index (χ3v) is 4.25. The Morgan fingerprint density at radius 2 is 2.00 bits per heavy atom. The number of hydrogen-bond acceptors (Lipinski definition) is 2. The summed E-state index contributed by atoms with van der Waals surface area (Å²) in [7, 11) is 0. The SMILES string of the molecule is CCCCC(=O)Cc1ccccc1C=NC1CCCCC1. The van der Waals surface area contributed by atoms with Crippen LogP contribution in [0.1, 0.15) is 69.4 Å². The highest BCUT2D eigenvalue weighted by atomic mass is 16.1. The lowest BCUT2D eigenvalue weighted by molar-refractivity contribution is -0.118. The van der Waals surface area contributed by atoms with Gasteiger partial charge in [-0.15, -0.1) is 0 Å². The molecule has 0 aliphatic heterocycles. The van der Waals surface area contributed by atoms with Crippen LogP contribution in [0.25, 0.3) is 0 Å². The Bertz CT molecular complexity index is 472. The van der Waals surface area contributed by atoms with E-state index in [1.807, 2.05) is 18.3 Å². The van der Waals surface area contributed by atoms with Crippen molar-refractivity contribution in [2.45, 2.75) is 70.8 Å². The molecule has 1 fully saturated rings. The van der Waals surface area contributed by atoms with E-state index in [1.165, 1.54) is 32.1 Å². The van der Waals surface area contributed by atoms with Crippen LogP contribution in [0.5, 0.6) is 0 Å². The number of nitrogens with zero attached hydrogens (tertiary/aromatic N) is 1. The van der Waals surface area contributed by atoms with Gasteiger partial charge in [0.05, 0.1) is 0 Å².